The first-order chi connectivity index (χ1) is 10.1. The van der Waals surface area contributed by atoms with Crippen LogP contribution in [0.3, 0.4) is 0 Å². The first-order valence-corrected chi connectivity index (χ1v) is 6.87. The van der Waals surface area contributed by atoms with Crippen LogP contribution in [0.2, 0.25) is 0 Å². The third-order valence-electron chi connectivity index (χ3n) is 3.40. The summed E-state index contributed by atoms with van der Waals surface area (Å²) in [4.78, 5) is 13.9. The second-order valence-electron chi connectivity index (χ2n) is 5.22. The third-order valence-corrected chi connectivity index (χ3v) is 3.40. The molecule has 0 N–H and O–H groups in total. The summed E-state index contributed by atoms with van der Waals surface area (Å²) < 4.78 is 0. The summed E-state index contributed by atoms with van der Waals surface area (Å²) in [5.41, 5.74) is 3.87. The van der Waals surface area contributed by atoms with Gasteiger partial charge in [0.05, 0.1) is 18.1 Å². The molecule has 0 fully saturated rings. The smallest absolute Gasteiger partial charge is 0.227 e. The molecule has 3 nitrogen and oxygen atoms in total. The van der Waals surface area contributed by atoms with Crippen LogP contribution >= 0.6 is 0 Å². The van der Waals surface area contributed by atoms with Crippen LogP contribution in [-0.2, 0) is 17.8 Å². The monoisotopic (exact) mass is 278 g/mol. The molecule has 0 aliphatic carbocycles. The highest BCUT2D eigenvalue weighted by molar-refractivity contribution is 5.78. The predicted molar refractivity (Wildman–Crippen MR) is 82.5 cm³/mol. The van der Waals surface area contributed by atoms with Crippen LogP contribution in [0.5, 0.6) is 0 Å². The summed E-state index contributed by atoms with van der Waals surface area (Å²) in [6.07, 6.45) is 0.355. The van der Waals surface area contributed by atoms with E-state index in [1.807, 2.05) is 50.4 Å². The normalized spacial score (nSPS) is 9.95. The Labute approximate surface area is 125 Å². The minimum Gasteiger partial charge on any atom is -0.341 e. The fourth-order valence-corrected chi connectivity index (χ4v) is 2.06. The first-order valence-electron chi connectivity index (χ1n) is 6.87. The van der Waals surface area contributed by atoms with Gasteiger partial charge < -0.3 is 4.90 Å². The van der Waals surface area contributed by atoms with Crippen molar-refractivity contribution in [3.05, 3.63) is 70.8 Å². The fraction of sp³-hybridized carbons (Fsp3) is 0.222. The Hall–Kier alpha value is -2.60. The van der Waals surface area contributed by atoms with Crippen molar-refractivity contribution in [1.82, 2.24) is 4.90 Å². The molecule has 0 aliphatic rings. The van der Waals surface area contributed by atoms with E-state index < -0.39 is 0 Å². The first kappa shape index (κ1) is 14.8. The molecule has 0 spiro atoms. The van der Waals surface area contributed by atoms with Crippen molar-refractivity contribution in [2.24, 2.45) is 0 Å². The number of carbonyl (C=O) groups is 1. The van der Waals surface area contributed by atoms with Gasteiger partial charge in [-0.3, -0.25) is 4.79 Å². The van der Waals surface area contributed by atoms with Crippen LogP contribution in [0.15, 0.2) is 48.5 Å². The van der Waals surface area contributed by atoms with Gasteiger partial charge in [0.2, 0.25) is 5.91 Å². The standard InChI is InChI=1S/C18H18N2O/c1-14-3-5-17(6-4-14)13-20(2)18(21)11-15-7-9-16(12-19)10-8-15/h3-10H,11,13H2,1-2H3. The van der Waals surface area contributed by atoms with Crippen LogP contribution in [0.25, 0.3) is 0 Å². The summed E-state index contributed by atoms with van der Waals surface area (Å²) >= 11 is 0. The highest BCUT2D eigenvalue weighted by Crippen LogP contribution is 2.09. The molecule has 2 aromatic rings. The number of aryl methyl sites for hydroxylation is 1. The molecule has 0 aromatic heterocycles. The van der Waals surface area contributed by atoms with Gasteiger partial charge in [-0.15, -0.1) is 0 Å². The van der Waals surface area contributed by atoms with E-state index in [0.29, 0.717) is 18.5 Å². The number of likely N-dealkylation sites (N-methyl/N-ethyl adjacent to an activating group) is 1. The Balaban J connectivity index is 1.95. The number of nitriles is 1. The Bertz CT molecular complexity index is 651. The van der Waals surface area contributed by atoms with E-state index in [0.717, 1.165) is 11.1 Å². The number of hydrogen-bond acceptors (Lipinski definition) is 2. The molecule has 0 heterocycles. The molecular formula is C18H18N2O. The van der Waals surface area contributed by atoms with Crippen LogP contribution in [0.1, 0.15) is 22.3 Å². The topological polar surface area (TPSA) is 44.1 Å². The molecule has 0 saturated heterocycles. The second-order valence-corrected chi connectivity index (χ2v) is 5.22. The van der Waals surface area contributed by atoms with Gasteiger partial charge in [-0.2, -0.15) is 5.26 Å². The molecule has 0 aliphatic heterocycles. The van der Waals surface area contributed by atoms with Gasteiger partial charge in [-0.1, -0.05) is 42.0 Å². The van der Waals surface area contributed by atoms with Gasteiger partial charge in [-0.05, 0) is 30.2 Å². The largest absolute Gasteiger partial charge is 0.341 e. The van der Waals surface area contributed by atoms with Crippen molar-refractivity contribution in [2.75, 3.05) is 7.05 Å². The summed E-state index contributed by atoms with van der Waals surface area (Å²) in [5.74, 6) is 0.0697. The summed E-state index contributed by atoms with van der Waals surface area (Å²) in [6, 6.07) is 17.4. The Morgan fingerprint density at radius 1 is 1.05 bits per heavy atom. The molecule has 1 amide bonds. The summed E-state index contributed by atoms with van der Waals surface area (Å²) in [7, 11) is 1.81. The molecule has 0 bridgehead atoms. The lowest BCUT2D eigenvalue weighted by Gasteiger charge is -2.17. The van der Waals surface area contributed by atoms with Crippen molar-refractivity contribution in [3.8, 4) is 6.07 Å². The second kappa shape index (κ2) is 6.71. The zero-order chi connectivity index (χ0) is 15.2. The maximum absolute atomic E-state index is 12.2. The number of nitrogens with zero attached hydrogens (tertiary/aromatic N) is 2. The molecule has 3 heteroatoms. The summed E-state index contributed by atoms with van der Waals surface area (Å²) in [6.45, 7) is 2.65. The van der Waals surface area contributed by atoms with E-state index in [1.54, 1.807) is 17.0 Å². The number of benzene rings is 2. The minimum absolute atomic E-state index is 0.0697. The molecular weight excluding hydrogens is 260 g/mol. The Morgan fingerprint density at radius 3 is 2.19 bits per heavy atom. The lowest BCUT2D eigenvalue weighted by molar-refractivity contribution is -0.129. The van der Waals surface area contributed by atoms with Gasteiger partial charge in [0, 0.05) is 13.6 Å². The average Bonchev–Trinajstić information content (AvgIpc) is 2.50. The number of amides is 1. The molecule has 0 atom stereocenters. The molecule has 0 unspecified atom stereocenters. The lowest BCUT2D eigenvalue weighted by atomic mass is 10.1. The highest BCUT2D eigenvalue weighted by atomic mass is 16.2. The molecule has 106 valence electrons. The summed E-state index contributed by atoms with van der Waals surface area (Å²) in [5, 5.41) is 8.76. The van der Waals surface area contributed by atoms with Gasteiger partial charge >= 0.3 is 0 Å². The minimum atomic E-state index is 0.0697. The van der Waals surface area contributed by atoms with Gasteiger partial charge in [0.15, 0.2) is 0 Å². The zero-order valence-electron chi connectivity index (χ0n) is 12.3. The van der Waals surface area contributed by atoms with Crippen molar-refractivity contribution in [2.45, 2.75) is 19.9 Å². The van der Waals surface area contributed by atoms with Crippen LogP contribution in [0.4, 0.5) is 0 Å². The van der Waals surface area contributed by atoms with Crippen molar-refractivity contribution >= 4 is 5.91 Å². The van der Waals surface area contributed by atoms with E-state index in [4.69, 9.17) is 5.26 Å². The van der Waals surface area contributed by atoms with E-state index >= 15 is 0 Å². The number of hydrogen-bond donors (Lipinski definition) is 0. The van der Waals surface area contributed by atoms with E-state index in [1.165, 1.54) is 5.56 Å². The third kappa shape index (κ3) is 4.19. The van der Waals surface area contributed by atoms with Gasteiger partial charge in [0.25, 0.3) is 0 Å². The predicted octanol–water partition coefficient (Wildman–Crippen LogP) is 3.07. The van der Waals surface area contributed by atoms with E-state index in [2.05, 4.69) is 6.07 Å². The van der Waals surface area contributed by atoms with Gasteiger partial charge in [0.1, 0.15) is 0 Å². The maximum Gasteiger partial charge on any atom is 0.227 e. The Morgan fingerprint density at radius 2 is 1.62 bits per heavy atom. The zero-order valence-corrected chi connectivity index (χ0v) is 12.3. The van der Waals surface area contributed by atoms with Gasteiger partial charge in [-0.25, -0.2) is 0 Å². The van der Waals surface area contributed by atoms with Crippen molar-refractivity contribution in [1.29, 1.82) is 5.26 Å². The number of rotatable bonds is 4. The SMILES string of the molecule is Cc1ccc(CN(C)C(=O)Cc2ccc(C#N)cc2)cc1. The average molecular weight is 278 g/mol. The van der Waals surface area contributed by atoms with Crippen molar-refractivity contribution in [3.63, 3.8) is 0 Å². The lowest BCUT2D eigenvalue weighted by Crippen LogP contribution is -2.27. The maximum atomic E-state index is 12.2. The number of carbonyl (C=O) groups excluding carboxylic acids is 1. The van der Waals surface area contributed by atoms with Crippen LogP contribution in [-0.4, -0.2) is 17.9 Å². The molecule has 0 saturated carbocycles. The molecule has 0 radical (unpaired) electrons. The van der Waals surface area contributed by atoms with Crippen molar-refractivity contribution < 1.29 is 4.79 Å². The Kier molecular flexibility index (Phi) is 4.73. The molecule has 21 heavy (non-hydrogen) atoms. The highest BCUT2D eigenvalue weighted by Gasteiger charge is 2.10. The van der Waals surface area contributed by atoms with E-state index in [9.17, 15) is 4.79 Å². The quantitative estimate of drug-likeness (QED) is 0.862. The van der Waals surface area contributed by atoms with Crippen LogP contribution < -0.4 is 0 Å². The molecule has 2 aromatic carbocycles. The molecule has 2 rings (SSSR count). The van der Waals surface area contributed by atoms with Crippen LogP contribution in [0, 0.1) is 18.3 Å². The fourth-order valence-electron chi connectivity index (χ4n) is 2.06. The van der Waals surface area contributed by atoms with E-state index in [-0.39, 0.29) is 5.91 Å².